The van der Waals surface area contributed by atoms with E-state index in [1.165, 1.54) is 32.1 Å². The van der Waals surface area contributed by atoms with E-state index in [-0.39, 0.29) is 5.91 Å². The van der Waals surface area contributed by atoms with Crippen molar-refractivity contribution in [2.24, 2.45) is 5.73 Å². The third-order valence-electron chi connectivity index (χ3n) is 4.11. The number of nitrogens with two attached hydrogens (primary N) is 1. The number of hydrogen-bond acceptors (Lipinski definition) is 2. The molecule has 0 atom stereocenters. The molecule has 86 valence electrons. The van der Waals surface area contributed by atoms with Crippen LogP contribution in [0.4, 0.5) is 0 Å². The van der Waals surface area contributed by atoms with Gasteiger partial charge in [0.15, 0.2) is 0 Å². The summed E-state index contributed by atoms with van der Waals surface area (Å²) in [5.41, 5.74) is 5.55. The first-order valence-corrected chi connectivity index (χ1v) is 6.20. The van der Waals surface area contributed by atoms with Crippen LogP contribution in [0.15, 0.2) is 0 Å². The standard InChI is InChI=1S/C12H22N2O/c1-14(10-6-3-2-4-7-10)11(15)12(13)8-5-9-12/h10H,2-9,13H2,1H3. The molecule has 0 bridgehead atoms. The van der Waals surface area contributed by atoms with Crippen molar-refractivity contribution in [2.75, 3.05) is 7.05 Å². The zero-order valence-electron chi connectivity index (χ0n) is 9.67. The molecule has 0 unspecified atom stereocenters. The van der Waals surface area contributed by atoms with Crippen molar-refractivity contribution in [1.29, 1.82) is 0 Å². The molecule has 2 saturated carbocycles. The molecule has 0 aliphatic heterocycles. The Balaban J connectivity index is 1.94. The van der Waals surface area contributed by atoms with Crippen LogP contribution >= 0.6 is 0 Å². The molecule has 2 fully saturated rings. The molecular formula is C12H22N2O. The van der Waals surface area contributed by atoms with Crippen LogP contribution in [-0.2, 0) is 4.79 Å². The summed E-state index contributed by atoms with van der Waals surface area (Å²) in [4.78, 5) is 14.1. The molecule has 0 saturated heterocycles. The largest absolute Gasteiger partial charge is 0.341 e. The fourth-order valence-electron chi connectivity index (χ4n) is 2.76. The average Bonchev–Trinajstić information content (AvgIpc) is 2.25. The van der Waals surface area contributed by atoms with Crippen LogP contribution in [0.25, 0.3) is 0 Å². The minimum absolute atomic E-state index is 0.181. The first-order chi connectivity index (χ1) is 7.13. The highest BCUT2D eigenvalue weighted by molar-refractivity contribution is 5.87. The normalized spacial score (nSPS) is 25.7. The van der Waals surface area contributed by atoms with Crippen molar-refractivity contribution in [3.05, 3.63) is 0 Å². The van der Waals surface area contributed by atoms with Crippen LogP contribution in [0.5, 0.6) is 0 Å². The molecule has 0 radical (unpaired) electrons. The van der Waals surface area contributed by atoms with Crippen LogP contribution in [0, 0.1) is 0 Å². The lowest BCUT2D eigenvalue weighted by Crippen LogP contribution is -2.60. The van der Waals surface area contributed by atoms with E-state index < -0.39 is 5.54 Å². The maximum absolute atomic E-state index is 12.1. The first kappa shape index (κ1) is 10.9. The van der Waals surface area contributed by atoms with Gasteiger partial charge in [-0.25, -0.2) is 0 Å². The Morgan fingerprint density at radius 3 is 2.27 bits per heavy atom. The lowest BCUT2D eigenvalue weighted by molar-refractivity contribution is -0.141. The summed E-state index contributed by atoms with van der Waals surface area (Å²) in [5, 5.41) is 0. The van der Waals surface area contributed by atoms with E-state index in [0.29, 0.717) is 6.04 Å². The molecule has 2 aliphatic rings. The van der Waals surface area contributed by atoms with Gasteiger partial charge in [-0.15, -0.1) is 0 Å². The number of hydrogen-bond donors (Lipinski definition) is 1. The van der Waals surface area contributed by atoms with Gasteiger partial charge in [-0.1, -0.05) is 19.3 Å². The maximum atomic E-state index is 12.1. The second-order valence-corrected chi connectivity index (χ2v) is 5.22. The molecule has 1 amide bonds. The molecular weight excluding hydrogens is 188 g/mol. The summed E-state index contributed by atoms with van der Waals surface area (Å²) in [7, 11) is 1.94. The van der Waals surface area contributed by atoms with Gasteiger partial charge in [0, 0.05) is 13.1 Å². The Bertz CT molecular complexity index is 242. The van der Waals surface area contributed by atoms with Gasteiger partial charge in [0.2, 0.25) is 5.91 Å². The van der Waals surface area contributed by atoms with Crippen LogP contribution in [-0.4, -0.2) is 29.4 Å². The highest BCUT2D eigenvalue weighted by Gasteiger charge is 2.43. The third-order valence-corrected chi connectivity index (χ3v) is 4.11. The molecule has 0 aromatic carbocycles. The van der Waals surface area contributed by atoms with Gasteiger partial charge in [-0.3, -0.25) is 4.79 Å². The zero-order chi connectivity index (χ0) is 10.9. The second kappa shape index (κ2) is 4.12. The molecule has 3 nitrogen and oxygen atoms in total. The van der Waals surface area contributed by atoms with E-state index in [1.807, 2.05) is 11.9 Å². The van der Waals surface area contributed by atoms with Gasteiger partial charge >= 0.3 is 0 Å². The summed E-state index contributed by atoms with van der Waals surface area (Å²) in [6.45, 7) is 0. The molecule has 0 spiro atoms. The average molecular weight is 210 g/mol. The Hall–Kier alpha value is -0.570. The minimum atomic E-state index is -0.508. The SMILES string of the molecule is CN(C(=O)C1(N)CCC1)C1CCCCC1. The minimum Gasteiger partial charge on any atom is -0.341 e. The summed E-state index contributed by atoms with van der Waals surface area (Å²) in [6, 6.07) is 0.451. The molecule has 0 aromatic heterocycles. The maximum Gasteiger partial charge on any atom is 0.242 e. The molecule has 2 aliphatic carbocycles. The van der Waals surface area contributed by atoms with E-state index >= 15 is 0 Å². The quantitative estimate of drug-likeness (QED) is 0.753. The number of nitrogens with zero attached hydrogens (tertiary/aromatic N) is 1. The predicted octanol–water partition coefficient (Wildman–Crippen LogP) is 1.66. The van der Waals surface area contributed by atoms with E-state index in [1.54, 1.807) is 0 Å². The van der Waals surface area contributed by atoms with Gasteiger partial charge in [0.25, 0.3) is 0 Å². The summed E-state index contributed by atoms with van der Waals surface area (Å²) < 4.78 is 0. The molecule has 2 N–H and O–H groups in total. The first-order valence-electron chi connectivity index (χ1n) is 6.20. The third kappa shape index (κ3) is 2.03. The van der Waals surface area contributed by atoms with E-state index in [4.69, 9.17) is 5.73 Å². The molecule has 15 heavy (non-hydrogen) atoms. The van der Waals surface area contributed by atoms with E-state index in [9.17, 15) is 4.79 Å². The number of amides is 1. The summed E-state index contributed by atoms with van der Waals surface area (Å²) in [5.74, 6) is 0.181. The predicted molar refractivity (Wildman–Crippen MR) is 60.4 cm³/mol. The fourth-order valence-corrected chi connectivity index (χ4v) is 2.76. The molecule has 0 heterocycles. The Kier molecular flexibility index (Phi) is 3.01. The van der Waals surface area contributed by atoms with Gasteiger partial charge in [-0.05, 0) is 32.1 Å². The zero-order valence-corrected chi connectivity index (χ0v) is 9.67. The van der Waals surface area contributed by atoms with Crippen LogP contribution in [0.1, 0.15) is 51.4 Å². The van der Waals surface area contributed by atoms with Gasteiger partial charge < -0.3 is 10.6 Å². The van der Waals surface area contributed by atoms with Gasteiger partial charge in [-0.2, -0.15) is 0 Å². The van der Waals surface area contributed by atoms with Gasteiger partial charge in [0.1, 0.15) is 0 Å². The molecule has 0 aromatic rings. The smallest absolute Gasteiger partial charge is 0.242 e. The van der Waals surface area contributed by atoms with Crippen molar-refractivity contribution in [3.8, 4) is 0 Å². The Morgan fingerprint density at radius 1 is 1.20 bits per heavy atom. The van der Waals surface area contributed by atoms with Crippen molar-refractivity contribution in [2.45, 2.75) is 62.9 Å². The van der Waals surface area contributed by atoms with Crippen LogP contribution in [0.3, 0.4) is 0 Å². The number of rotatable bonds is 2. The lowest BCUT2D eigenvalue weighted by Gasteiger charge is -2.42. The Morgan fingerprint density at radius 2 is 1.80 bits per heavy atom. The number of carbonyl (C=O) groups excluding carboxylic acids is 1. The van der Waals surface area contributed by atoms with E-state index in [2.05, 4.69) is 0 Å². The topological polar surface area (TPSA) is 46.3 Å². The number of carbonyl (C=O) groups is 1. The summed E-state index contributed by atoms with van der Waals surface area (Å²) in [6.07, 6.45) is 9.05. The van der Waals surface area contributed by atoms with Crippen LogP contribution in [0.2, 0.25) is 0 Å². The highest BCUT2D eigenvalue weighted by Crippen LogP contribution is 2.32. The molecule has 3 heteroatoms. The number of likely N-dealkylation sites (N-methyl/N-ethyl adjacent to an activating group) is 1. The lowest BCUT2D eigenvalue weighted by atomic mass is 9.76. The fraction of sp³-hybridized carbons (Fsp3) is 0.917. The monoisotopic (exact) mass is 210 g/mol. The van der Waals surface area contributed by atoms with Crippen molar-refractivity contribution in [3.63, 3.8) is 0 Å². The second-order valence-electron chi connectivity index (χ2n) is 5.22. The highest BCUT2D eigenvalue weighted by atomic mass is 16.2. The van der Waals surface area contributed by atoms with Crippen molar-refractivity contribution >= 4 is 5.91 Å². The van der Waals surface area contributed by atoms with Crippen molar-refractivity contribution < 1.29 is 4.79 Å². The van der Waals surface area contributed by atoms with Crippen LogP contribution < -0.4 is 5.73 Å². The summed E-state index contributed by atoms with van der Waals surface area (Å²) >= 11 is 0. The Labute approximate surface area is 92.0 Å². The van der Waals surface area contributed by atoms with Crippen molar-refractivity contribution in [1.82, 2.24) is 4.90 Å². The van der Waals surface area contributed by atoms with Gasteiger partial charge in [0.05, 0.1) is 5.54 Å². The molecule has 2 rings (SSSR count). The van der Waals surface area contributed by atoms with E-state index in [0.717, 1.165) is 19.3 Å².